The lowest BCUT2D eigenvalue weighted by Gasteiger charge is -2.11. The minimum Gasteiger partial charge on any atom is -0.327 e. The van der Waals surface area contributed by atoms with E-state index < -0.39 is 0 Å². The second kappa shape index (κ2) is 3.58. The molecular formula is C13H19N3. The molecular weight excluding hydrogens is 198 g/mol. The number of nitrogens with zero attached hydrogens (tertiary/aromatic N) is 3. The van der Waals surface area contributed by atoms with E-state index in [1.807, 2.05) is 6.92 Å². The molecule has 3 heteroatoms. The van der Waals surface area contributed by atoms with Gasteiger partial charge >= 0.3 is 0 Å². The minimum atomic E-state index is 0.435. The predicted molar refractivity (Wildman–Crippen MR) is 66.9 cm³/mol. The van der Waals surface area contributed by atoms with E-state index in [0.29, 0.717) is 6.04 Å². The Balaban J connectivity index is 2.96. The van der Waals surface area contributed by atoms with E-state index in [-0.39, 0.29) is 0 Å². The Labute approximate surface area is 96.5 Å². The normalized spacial score (nSPS) is 11.7. The first-order valence-corrected chi connectivity index (χ1v) is 5.75. The highest BCUT2D eigenvalue weighted by molar-refractivity contribution is 5.84. The summed E-state index contributed by atoms with van der Waals surface area (Å²) in [5.41, 5.74) is 4.77. The van der Waals surface area contributed by atoms with Crippen LogP contribution in [-0.2, 0) is 0 Å². The lowest BCUT2D eigenvalue weighted by molar-refractivity contribution is 0.600. The van der Waals surface area contributed by atoms with Gasteiger partial charge in [-0.05, 0) is 47.1 Å². The molecule has 86 valence electrons. The van der Waals surface area contributed by atoms with Gasteiger partial charge in [0.2, 0.25) is 0 Å². The van der Waals surface area contributed by atoms with Gasteiger partial charge in [-0.3, -0.25) is 0 Å². The van der Waals surface area contributed by atoms with Gasteiger partial charge in [0.05, 0.1) is 5.69 Å². The molecule has 2 aromatic heterocycles. The topological polar surface area (TPSA) is 30.7 Å². The van der Waals surface area contributed by atoms with Crippen LogP contribution in [0.15, 0.2) is 0 Å². The molecule has 0 unspecified atom stereocenters. The first-order chi connectivity index (χ1) is 7.43. The zero-order chi connectivity index (χ0) is 12.0. The van der Waals surface area contributed by atoms with Gasteiger partial charge in [0, 0.05) is 17.1 Å². The summed E-state index contributed by atoms with van der Waals surface area (Å²) in [6, 6.07) is 0.435. The van der Waals surface area contributed by atoms with E-state index in [1.54, 1.807) is 0 Å². The highest BCUT2D eigenvalue weighted by Crippen LogP contribution is 2.28. The predicted octanol–water partition coefficient (Wildman–Crippen LogP) is 3.25. The second-order valence-corrected chi connectivity index (χ2v) is 4.73. The summed E-state index contributed by atoms with van der Waals surface area (Å²) in [7, 11) is 0. The summed E-state index contributed by atoms with van der Waals surface area (Å²) in [5, 5.41) is 1.22. The van der Waals surface area contributed by atoms with Crippen molar-refractivity contribution < 1.29 is 0 Å². The number of rotatable bonds is 1. The maximum absolute atomic E-state index is 4.59. The third-order valence-corrected chi connectivity index (χ3v) is 3.21. The van der Waals surface area contributed by atoms with Crippen molar-refractivity contribution in [3.63, 3.8) is 0 Å². The van der Waals surface area contributed by atoms with Crippen molar-refractivity contribution in [2.75, 3.05) is 0 Å². The van der Waals surface area contributed by atoms with Crippen LogP contribution in [-0.4, -0.2) is 14.5 Å². The third-order valence-electron chi connectivity index (χ3n) is 3.21. The van der Waals surface area contributed by atoms with Gasteiger partial charge < -0.3 is 4.57 Å². The molecule has 2 rings (SSSR count). The maximum Gasteiger partial charge on any atom is 0.144 e. The second-order valence-electron chi connectivity index (χ2n) is 4.73. The van der Waals surface area contributed by atoms with Gasteiger partial charge in [0.25, 0.3) is 0 Å². The Morgan fingerprint density at radius 3 is 2.19 bits per heavy atom. The molecule has 0 saturated carbocycles. The smallest absolute Gasteiger partial charge is 0.144 e. The number of aryl methyl sites for hydroxylation is 3. The van der Waals surface area contributed by atoms with Gasteiger partial charge in [0.1, 0.15) is 11.5 Å². The molecule has 2 heterocycles. The molecule has 0 aromatic carbocycles. The monoisotopic (exact) mass is 217 g/mol. The number of fused-ring (bicyclic) bond motifs is 1. The van der Waals surface area contributed by atoms with Crippen molar-refractivity contribution in [2.24, 2.45) is 0 Å². The van der Waals surface area contributed by atoms with Crippen LogP contribution in [0.1, 0.15) is 42.7 Å². The first kappa shape index (κ1) is 11.1. The summed E-state index contributed by atoms with van der Waals surface area (Å²) in [5.74, 6) is 0.851. The summed E-state index contributed by atoms with van der Waals surface area (Å²) < 4.78 is 2.30. The van der Waals surface area contributed by atoms with E-state index >= 15 is 0 Å². The largest absolute Gasteiger partial charge is 0.327 e. The van der Waals surface area contributed by atoms with Crippen LogP contribution in [0.4, 0.5) is 0 Å². The lowest BCUT2D eigenvalue weighted by Crippen LogP contribution is -2.05. The Hall–Kier alpha value is -1.38. The van der Waals surface area contributed by atoms with Crippen molar-refractivity contribution >= 4 is 11.0 Å². The minimum absolute atomic E-state index is 0.435. The number of hydrogen-bond donors (Lipinski definition) is 0. The maximum atomic E-state index is 4.59. The van der Waals surface area contributed by atoms with Crippen molar-refractivity contribution in [3.8, 4) is 0 Å². The van der Waals surface area contributed by atoms with E-state index in [9.17, 15) is 0 Å². The van der Waals surface area contributed by atoms with Crippen molar-refractivity contribution in [1.82, 2.24) is 14.5 Å². The zero-order valence-corrected chi connectivity index (χ0v) is 10.9. The van der Waals surface area contributed by atoms with E-state index in [2.05, 4.69) is 49.2 Å². The molecule has 16 heavy (non-hydrogen) atoms. The van der Waals surface area contributed by atoms with Crippen LogP contribution in [0.3, 0.4) is 0 Å². The van der Waals surface area contributed by atoms with Crippen LogP contribution >= 0.6 is 0 Å². The van der Waals surface area contributed by atoms with Gasteiger partial charge in [0.15, 0.2) is 0 Å². The van der Waals surface area contributed by atoms with Crippen LogP contribution in [0.2, 0.25) is 0 Å². The fraction of sp³-hybridized carbons (Fsp3) is 0.538. The van der Waals surface area contributed by atoms with E-state index in [4.69, 9.17) is 0 Å². The average Bonchev–Trinajstić information content (AvgIpc) is 2.38. The molecule has 0 N–H and O–H groups in total. The SMILES string of the molecule is Cc1nc(C)c2c(C)c(C)n(C(C)C)c2n1. The summed E-state index contributed by atoms with van der Waals surface area (Å²) >= 11 is 0. The fourth-order valence-electron chi connectivity index (χ4n) is 2.46. The van der Waals surface area contributed by atoms with Gasteiger partial charge in [-0.1, -0.05) is 0 Å². The van der Waals surface area contributed by atoms with Crippen molar-refractivity contribution in [2.45, 2.75) is 47.6 Å². The molecule has 0 aliphatic rings. The van der Waals surface area contributed by atoms with Crippen molar-refractivity contribution in [3.05, 3.63) is 22.8 Å². The molecule has 0 radical (unpaired) electrons. The molecule has 0 spiro atoms. The summed E-state index contributed by atoms with van der Waals surface area (Å²) in [6.45, 7) is 12.7. The Bertz CT molecular complexity index is 550. The molecule has 0 aliphatic carbocycles. The molecule has 0 fully saturated rings. The molecule has 0 atom stereocenters. The van der Waals surface area contributed by atoms with Gasteiger partial charge in [-0.15, -0.1) is 0 Å². The summed E-state index contributed by atoms with van der Waals surface area (Å²) in [4.78, 5) is 9.04. The molecule has 0 saturated heterocycles. The van der Waals surface area contributed by atoms with Crippen LogP contribution < -0.4 is 0 Å². The van der Waals surface area contributed by atoms with Crippen LogP contribution in [0, 0.1) is 27.7 Å². The third kappa shape index (κ3) is 1.42. The Morgan fingerprint density at radius 2 is 1.62 bits per heavy atom. The number of hydrogen-bond acceptors (Lipinski definition) is 2. The number of aromatic nitrogens is 3. The molecule has 0 bridgehead atoms. The summed E-state index contributed by atoms with van der Waals surface area (Å²) in [6.07, 6.45) is 0. The highest BCUT2D eigenvalue weighted by Gasteiger charge is 2.16. The molecule has 3 nitrogen and oxygen atoms in total. The first-order valence-electron chi connectivity index (χ1n) is 5.75. The molecule has 0 amide bonds. The van der Waals surface area contributed by atoms with Crippen molar-refractivity contribution in [1.29, 1.82) is 0 Å². The Kier molecular flexibility index (Phi) is 2.49. The van der Waals surface area contributed by atoms with Gasteiger partial charge in [-0.2, -0.15) is 0 Å². The average molecular weight is 217 g/mol. The quantitative estimate of drug-likeness (QED) is 0.734. The highest BCUT2D eigenvalue weighted by atomic mass is 15.1. The van der Waals surface area contributed by atoms with E-state index in [1.165, 1.54) is 16.6 Å². The van der Waals surface area contributed by atoms with E-state index in [0.717, 1.165) is 17.2 Å². The fourth-order valence-corrected chi connectivity index (χ4v) is 2.46. The molecule has 0 aliphatic heterocycles. The van der Waals surface area contributed by atoms with Crippen LogP contribution in [0.25, 0.3) is 11.0 Å². The standard InChI is InChI=1S/C13H19N3/c1-7(2)16-10(5)8(3)12-9(4)14-11(6)15-13(12)16/h7H,1-6H3. The molecule has 2 aromatic rings. The van der Waals surface area contributed by atoms with Gasteiger partial charge in [-0.25, -0.2) is 9.97 Å². The Morgan fingerprint density at radius 1 is 1.00 bits per heavy atom. The van der Waals surface area contributed by atoms with Crippen LogP contribution in [0.5, 0.6) is 0 Å². The lowest BCUT2D eigenvalue weighted by atomic mass is 10.2. The zero-order valence-electron chi connectivity index (χ0n) is 10.9.